The van der Waals surface area contributed by atoms with Crippen molar-refractivity contribution in [1.82, 2.24) is 10.3 Å². The van der Waals surface area contributed by atoms with Crippen LogP contribution in [0.4, 0.5) is 0 Å². The van der Waals surface area contributed by atoms with Crippen LogP contribution in [0.3, 0.4) is 0 Å². The molecule has 118 valence electrons. The van der Waals surface area contributed by atoms with Crippen molar-refractivity contribution in [2.75, 3.05) is 13.7 Å². The number of aromatic nitrogens is 1. The van der Waals surface area contributed by atoms with E-state index in [1.807, 2.05) is 25.1 Å². The smallest absolute Gasteiger partial charge is 0.326 e. The number of hydrogen-bond donors (Lipinski definition) is 3. The number of nitrogens with one attached hydrogen (secondary N) is 2. The molecular weight excluding hydrogens is 284 g/mol. The Morgan fingerprint density at radius 1 is 1.41 bits per heavy atom. The fourth-order valence-electron chi connectivity index (χ4n) is 2.42. The molecule has 2 rings (SSSR count). The number of ether oxygens (including phenoxy) is 1. The van der Waals surface area contributed by atoms with Gasteiger partial charge in [0.2, 0.25) is 5.91 Å². The number of H-pyrrole nitrogens is 1. The minimum absolute atomic E-state index is 0.139. The predicted octanol–water partition coefficient (Wildman–Crippen LogP) is 1.62. The number of amides is 1. The number of methoxy groups -OCH3 is 1. The van der Waals surface area contributed by atoms with Crippen molar-refractivity contribution >= 4 is 22.8 Å². The second-order valence-electron chi connectivity index (χ2n) is 5.23. The van der Waals surface area contributed by atoms with Gasteiger partial charge in [0.1, 0.15) is 6.04 Å². The van der Waals surface area contributed by atoms with Gasteiger partial charge in [-0.25, -0.2) is 4.79 Å². The number of carbonyl (C=O) groups excluding carboxylic acids is 1. The van der Waals surface area contributed by atoms with Gasteiger partial charge in [0.15, 0.2) is 0 Å². The summed E-state index contributed by atoms with van der Waals surface area (Å²) in [5.74, 6) is -1.37. The van der Waals surface area contributed by atoms with Crippen LogP contribution in [0.5, 0.6) is 0 Å². The summed E-state index contributed by atoms with van der Waals surface area (Å²) in [7, 11) is 1.50. The first-order chi connectivity index (χ1) is 10.5. The van der Waals surface area contributed by atoms with Gasteiger partial charge in [-0.2, -0.15) is 0 Å². The fourth-order valence-corrected chi connectivity index (χ4v) is 2.42. The van der Waals surface area contributed by atoms with Crippen molar-refractivity contribution in [3.05, 3.63) is 35.5 Å². The lowest BCUT2D eigenvalue weighted by Crippen LogP contribution is -2.42. The summed E-state index contributed by atoms with van der Waals surface area (Å²) in [6, 6.07) is 4.94. The minimum Gasteiger partial charge on any atom is -0.480 e. The molecule has 0 aliphatic heterocycles. The highest BCUT2D eigenvalue weighted by atomic mass is 16.5. The molecule has 22 heavy (non-hydrogen) atoms. The van der Waals surface area contributed by atoms with Gasteiger partial charge in [-0.1, -0.05) is 18.2 Å². The Kier molecular flexibility index (Phi) is 5.16. The standard InChI is InChI=1S/C16H20N2O4/c1-10-4-3-5-12-11(9-17-15(10)12)8-14(19)18-13(16(20)21)6-7-22-2/h3-5,9,13,17H,6-8H2,1-2H3,(H,18,19)(H,20,21). The van der Waals surface area contributed by atoms with Gasteiger partial charge in [0.05, 0.1) is 6.42 Å². The van der Waals surface area contributed by atoms with E-state index in [9.17, 15) is 9.59 Å². The van der Waals surface area contributed by atoms with Crippen molar-refractivity contribution < 1.29 is 19.4 Å². The predicted molar refractivity (Wildman–Crippen MR) is 82.8 cm³/mol. The summed E-state index contributed by atoms with van der Waals surface area (Å²) in [6.45, 7) is 2.28. The van der Waals surface area contributed by atoms with Crippen LogP contribution in [-0.4, -0.2) is 41.7 Å². The first-order valence-electron chi connectivity index (χ1n) is 7.09. The van der Waals surface area contributed by atoms with Crippen LogP contribution in [0, 0.1) is 6.92 Å². The van der Waals surface area contributed by atoms with Crippen molar-refractivity contribution in [3.63, 3.8) is 0 Å². The van der Waals surface area contributed by atoms with E-state index in [0.29, 0.717) is 0 Å². The first-order valence-corrected chi connectivity index (χ1v) is 7.09. The van der Waals surface area contributed by atoms with E-state index in [2.05, 4.69) is 10.3 Å². The first kappa shape index (κ1) is 16.0. The maximum absolute atomic E-state index is 12.1. The molecule has 2 aromatic rings. The highest BCUT2D eigenvalue weighted by Gasteiger charge is 2.20. The van der Waals surface area contributed by atoms with Gasteiger partial charge in [0.25, 0.3) is 0 Å². The lowest BCUT2D eigenvalue weighted by molar-refractivity contribution is -0.142. The van der Waals surface area contributed by atoms with Gasteiger partial charge in [-0.05, 0) is 18.1 Å². The number of carboxylic acid groups (broad SMARTS) is 1. The summed E-state index contributed by atoms with van der Waals surface area (Å²) in [5.41, 5.74) is 2.96. The zero-order valence-corrected chi connectivity index (χ0v) is 12.7. The van der Waals surface area contributed by atoms with Crippen molar-refractivity contribution in [2.45, 2.75) is 25.8 Å². The number of rotatable bonds is 7. The molecule has 0 saturated heterocycles. The molecule has 1 atom stereocenters. The maximum Gasteiger partial charge on any atom is 0.326 e. The number of carboxylic acids is 1. The van der Waals surface area contributed by atoms with Crippen LogP contribution in [0.1, 0.15) is 17.5 Å². The van der Waals surface area contributed by atoms with Gasteiger partial charge in [0, 0.05) is 37.2 Å². The topological polar surface area (TPSA) is 91.4 Å². The number of aryl methyl sites for hydroxylation is 1. The Bertz CT molecular complexity index is 678. The molecular formula is C16H20N2O4. The van der Waals surface area contributed by atoms with Crippen LogP contribution in [-0.2, 0) is 20.7 Å². The number of aliphatic carboxylic acids is 1. The van der Waals surface area contributed by atoms with E-state index in [1.54, 1.807) is 6.20 Å². The molecule has 1 aromatic carbocycles. The third-order valence-corrected chi connectivity index (χ3v) is 3.60. The number of fused-ring (bicyclic) bond motifs is 1. The molecule has 3 N–H and O–H groups in total. The second kappa shape index (κ2) is 7.09. The third-order valence-electron chi connectivity index (χ3n) is 3.60. The molecule has 0 bridgehead atoms. The van der Waals surface area contributed by atoms with Crippen molar-refractivity contribution in [2.24, 2.45) is 0 Å². The van der Waals surface area contributed by atoms with Crippen LogP contribution in [0.2, 0.25) is 0 Å². The fraction of sp³-hybridized carbons (Fsp3) is 0.375. The summed E-state index contributed by atoms with van der Waals surface area (Å²) >= 11 is 0. The Morgan fingerprint density at radius 2 is 2.18 bits per heavy atom. The summed E-state index contributed by atoms with van der Waals surface area (Å²) < 4.78 is 4.86. The number of hydrogen-bond acceptors (Lipinski definition) is 3. The van der Waals surface area contributed by atoms with Crippen molar-refractivity contribution in [1.29, 1.82) is 0 Å². The van der Waals surface area contributed by atoms with E-state index in [-0.39, 0.29) is 25.4 Å². The minimum atomic E-state index is -1.06. The Hall–Kier alpha value is -2.34. The summed E-state index contributed by atoms with van der Waals surface area (Å²) in [6.07, 6.45) is 2.17. The lowest BCUT2D eigenvalue weighted by Gasteiger charge is -2.13. The zero-order valence-electron chi connectivity index (χ0n) is 12.7. The van der Waals surface area contributed by atoms with Gasteiger partial charge < -0.3 is 20.1 Å². The highest BCUT2D eigenvalue weighted by Crippen LogP contribution is 2.21. The number of carbonyl (C=O) groups is 2. The van der Waals surface area contributed by atoms with Crippen LogP contribution >= 0.6 is 0 Å². The number of para-hydroxylation sites is 1. The Morgan fingerprint density at radius 3 is 2.86 bits per heavy atom. The average molecular weight is 304 g/mol. The van der Waals surface area contributed by atoms with Crippen LogP contribution in [0.15, 0.2) is 24.4 Å². The van der Waals surface area contributed by atoms with E-state index >= 15 is 0 Å². The molecule has 0 saturated carbocycles. The Labute approximate surface area is 128 Å². The Balaban J connectivity index is 2.07. The van der Waals surface area contributed by atoms with E-state index in [1.165, 1.54) is 7.11 Å². The molecule has 0 spiro atoms. The maximum atomic E-state index is 12.1. The van der Waals surface area contributed by atoms with Crippen molar-refractivity contribution in [3.8, 4) is 0 Å². The summed E-state index contributed by atoms with van der Waals surface area (Å²) in [4.78, 5) is 26.4. The molecule has 1 unspecified atom stereocenters. The molecule has 0 fully saturated rings. The normalized spacial score (nSPS) is 12.3. The summed E-state index contributed by atoms with van der Waals surface area (Å²) in [5, 5.41) is 12.6. The molecule has 1 amide bonds. The average Bonchev–Trinajstić information content (AvgIpc) is 2.88. The van der Waals surface area contributed by atoms with E-state index in [4.69, 9.17) is 9.84 Å². The number of aromatic amines is 1. The monoisotopic (exact) mass is 304 g/mol. The van der Waals surface area contributed by atoms with Gasteiger partial charge in [-0.3, -0.25) is 4.79 Å². The second-order valence-corrected chi connectivity index (χ2v) is 5.23. The zero-order chi connectivity index (χ0) is 16.1. The molecule has 1 aromatic heterocycles. The third kappa shape index (κ3) is 3.65. The number of benzene rings is 1. The molecule has 0 aliphatic rings. The lowest BCUT2D eigenvalue weighted by atomic mass is 10.1. The SMILES string of the molecule is COCCC(NC(=O)Cc1c[nH]c2c(C)cccc12)C(=O)O. The van der Waals surface area contributed by atoms with Gasteiger partial charge >= 0.3 is 5.97 Å². The van der Waals surface area contributed by atoms with Crippen LogP contribution < -0.4 is 5.32 Å². The van der Waals surface area contributed by atoms with E-state index in [0.717, 1.165) is 22.0 Å². The van der Waals surface area contributed by atoms with Crippen LogP contribution in [0.25, 0.3) is 10.9 Å². The molecule has 6 nitrogen and oxygen atoms in total. The quantitative estimate of drug-likeness (QED) is 0.725. The molecule has 6 heteroatoms. The highest BCUT2D eigenvalue weighted by molar-refractivity contribution is 5.91. The molecule has 1 heterocycles. The largest absolute Gasteiger partial charge is 0.480 e. The molecule has 0 aliphatic carbocycles. The van der Waals surface area contributed by atoms with Gasteiger partial charge in [-0.15, -0.1) is 0 Å². The molecule has 0 radical (unpaired) electrons. The van der Waals surface area contributed by atoms with E-state index < -0.39 is 12.0 Å².